The van der Waals surface area contributed by atoms with E-state index in [1.54, 1.807) is 48.5 Å². The molecule has 28 heavy (non-hydrogen) atoms. The second-order valence-electron chi connectivity index (χ2n) is 7.56. The Labute approximate surface area is 168 Å². The number of carbonyl (C=O) groups is 1. The molecule has 1 saturated heterocycles. The van der Waals surface area contributed by atoms with Crippen LogP contribution in [0.3, 0.4) is 0 Å². The maximum atomic E-state index is 13.3. The molecule has 0 N–H and O–H groups in total. The molecule has 1 aliphatic heterocycles. The standard InChI is InChI=1S/C22H28N2O3S/c1-18-10-12-21(13-11-18)28(26,27)24(20-8-4-3-5-9-20)16-14-22(25)23-15-6-7-19(2)17-23/h3-5,8-13,19H,6-7,14-17H2,1-2H3. The minimum atomic E-state index is -3.75. The molecule has 5 nitrogen and oxygen atoms in total. The Morgan fingerprint density at radius 1 is 1.11 bits per heavy atom. The Kier molecular flexibility index (Phi) is 6.39. The molecule has 1 heterocycles. The zero-order valence-corrected chi connectivity index (χ0v) is 17.4. The first-order valence-electron chi connectivity index (χ1n) is 9.80. The van der Waals surface area contributed by atoms with Gasteiger partial charge in [0.2, 0.25) is 5.91 Å². The van der Waals surface area contributed by atoms with Gasteiger partial charge in [0.25, 0.3) is 10.0 Å². The number of aryl methyl sites for hydroxylation is 1. The summed E-state index contributed by atoms with van der Waals surface area (Å²) in [6.07, 6.45) is 2.32. The maximum Gasteiger partial charge on any atom is 0.264 e. The van der Waals surface area contributed by atoms with Gasteiger partial charge in [-0.05, 0) is 49.9 Å². The Balaban J connectivity index is 1.82. The number of benzene rings is 2. The number of para-hydroxylation sites is 1. The third kappa shape index (κ3) is 4.73. The van der Waals surface area contributed by atoms with Crippen LogP contribution in [0.2, 0.25) is 0 Å². The van der Waals surface area contributed by atoms with E-state index in [4.69, 9.17) is 0 Å². The van der Waals surface area contributed by atoms with Gasteiger partial charge in [-0.15, -0.1) is 0 Å². The van der Waals surface area contributed by atoms with Gasteiger partial charge in [-0.3, -0.25) is 9.10 Å². The average molecular weight is 401 g/mol. The van der Waals surface area contributed by atoms with E-state index in [9.17, 15) is 13.2 Å². The summed E-state index contributed by atoms with van der Waals surface area (Å²) in [4.78, 5) is 14.8. The third-order valence-electron chi connectivity index (χ3n) is 5.19. The normalized spacial score (nSPS) is 17.4. The van der Waals surface area contributed by atoms with Crippen molar-refractivity contribution in [3.8, 4) is 0 Å². The van der Waals surface area contributed by atoms with Crippen LogP contribution in [0, 0.1) is 12.8 Å². The predicted molar refractivity (Wildman–Crippen MR) is 112 cm³/mol. The number of piperidine rings is 1. The minimum Gasteiger partial charge on any atom is -0.342 e. The summed E-state index contributed by atoms with van der Waals surface area (Å²) in [6.45, 7) is 5.72. The molecule has 1 fully saturated rings. The molecule has 6 heteroatoms. The van der Waals surface area contributed by atoms with Crippen LogP contribution in [0.4, 0.5) is 5.69 Å². The lowest BCUT2D eigenvalue weighted by Gasteiger charge is -2.32. The second-order valence-corrected chi connectivity index (χ2v) is 9.43. The van der Waals surface area contributed by atoms with E-state index in [0.717, 1.165) is 31.5 Å². The SMILES string of the molecule is Cc1ccc(S(=O)(=O)N(CCC(=O)N2CCCC(C)C2)c2ccccc2)cc1. The summed E-state index contributed by atoms with van der Waals surface area (Å²) in [5.74, 6) is 0.519. The summed E-state index contributed by atoms with van der Waals surface area (Å²) in [6, 6.07) is 15.8. The Hall–Kier alpha value is -2.34. The highest BCUT2D eigenvalue weighted by molar-refractivity contribution is 7.92. The molecule has 1 unspecified atom stereocenters. The molecule has 1 aliphatic rings. The van der Waals surface area contributed by atoms with Crippen LogP contribution >= 0.6 is 0 Å². The Bertz CT molecular complexity index is 895. The van der Waals surface area contributed by atoms with Gasteiger partial charge in [0.1, 0.15) is 0 Å². The molecule has 2 aromatic carbocycles. The highest BCUT2D eigenvalue weighted by Crippen LogP contribution is 2.25. The fraction of sp³-hybridized carbons (Fsp3) is 0.409. The number of likely N-dealkylation sites (tertiary alicyclic amines) is 1. The van der Waals surface area contributed by atoms with Crippen molar-refractivity contribution in [2.45, 2.75) is 38.0 Å². The van der Waals surface area contributed by atoms with Crippen molar-refractivity contribution in [2.75, 3.05) is 23.9 Å². The molecule has 1 amide bonds. The molecule has 0 bridgehead atoms. The first-order valence-corrected chi connectivity index (χ1v) is 11.2. The van der Waals surface area contributed by atoms with Crippen LogP contribution < -0.4 is 4.31 Å². The molecule has 0 saturated carbocycles. The highest BCUT2D eigenvalue weighted by atomic mass is 32.2. The molecule has 1 atom stereocenters. The van der Waals surface area contributed by atoms with Gasteiger partial charge >= 0.3 is 0 Å². The molecule has 150 valence electrons. The van der Waals surface area contributed by atoms with Gasteiger partial charge in [0.05, 0.1) is 10.6 Å². The number of hydrogen-bond donors (Lipinski definition) is 0. The monoisotopic (exact) mass is 400 g/mol. The first kappa shape index (κ1) is 20.4. The second kappa shape index (κ2) is 8.78. The van der Waals surface area contributed by atoms with E-state index in [0.29, 0.717) is 11.6 Å². The number of anilines is 1. The van der Waals surface area contributed by atoms with Crippen LogP contribution in [0.5, 0.6) is 0 Å². The first-order chi connectivity index (χ1) is 13.4. The topological polar surface area (TPSA) is 57.7 Å². The molecule has 0 radical (unpaired) electrons. The third-order valence-corrected chi connectivity index (χ3v) is 7.03. The fourth-order valence-electron chi connectivity index (χ4n) is 3.59. The van der Waals surface area contributed by atoms with Crippen molar-refractivity contribution in [2.24, 2.45) is 5.92 Å². The molecule has 2 aromatic rings. The van der Waals surface area contributed by atoms with Crippen molar-refractivity contribution in [3.63, 3.8) is 0 Å². The average Bonchev–Trinajstić information content (AvgIpc) is 2.69. The molecule has 0 spiro atoms. The van der Waals surface area contributed by atoms with Gasteiger partial charge in [0, 0.05) is 26.1 Å². The van der Waals surface area contributed by atoms with Crippen LogP contribution in [-0.2, 0) is 14.8 Å². The van der Waals surface area contributed by atoms with E-state index in [1.165, 1.54) is 4.31 Å². The van der Waals surface area contributed by atoms with Crippen molar-refractivity contribution in [1.82, 2.24) is 4.90 Å². The van der Waals surface area contributed by atoms with E-state index in [1.807, 2.05) is 17.9 Å². The summed E-state index contributed by atoms with van der Waals surface area (Å²) in [5.41, 5.74) is 1.57. The maximum absolute atomic E-state index is 13.3. The Morgan fingerprint density at radius 3 is 2.43 bits per heavy atom. The largest absolute Gasteiger partial charge is 0.342 e. The number of rotatable bonds is 6. The summed E-state index contributed by atoms with van der Waals surface area (Å²) >= 11 is 0. The van der Waals surface area contributed by atoms with Crippen LogP contribution in [0.1, 0.15) is 31.7 Å². The zero-order chi connectivity index (χ0) is 20.1. The lowest BCUT2D eigenvalue weighted by atomic mass is 10.00. The van der Waals surface area contributed by atoms with Gasteiger partial charge in [0.15, 0.2) is 0 Å². The van der Waals surface area contributed by atoms with Crippen molar-refractivity contribution >= 4 is 21.6 Å². The number of carbonyl (C=O) groups excluding carboxylic acids is 1. The molecule has 3 rings (SSSR count). The van der Waals surface area contributed by atoms with Gasteiger partial charge in [-0.25, -0.2) is 8.42 Å². The predicted octanol–water partition coefficient (Wildman–Crippen LogP) is 3.84. The van der Waals surface area contributed by atoms with Crippen LogP contribution in [0.15, 0.2) is 59.5 Å². The quantitative estimate of drug-likeness (QED) is 0.740. The molecular formula is C22H28N2O3S. The van der Waals surface area contributed by atoms with Crippen molar-refractivity contribution in [1.29, 1.82) is 0 Å². The smallest absolute Gasteiger partial charge is 0.264 e. The molecule has 0 aliphatic carbocycles. The van der Waals surface area contributed by atoms with Gasteiger partial charge in [-0.2, -0.15) is 0 Å². The summed E-state index contributed by atoms with van der Waals surface area (Å²) in [5, 5.41) is 0. The minimum absolute atomic E-state index is 0.0200. The van der Waals surface area contributed by atoms with E-state index in [2.05, 4.69) is 6.92 Å². The lowest BCUT2D eigenvalue weighted by Crippen LogP contribution is -2.41. The number of sulfonamides is 1. The van der Waals surface area contributed by atoms with Crippen LogP contribution in [0.25, 0.3) is 0 Å². The Morgan fingerprint density at radius 2 is 1.79 bits per heavy atom. The fourth-order valence-corrected chi connectivity index (χ4v) is 5.06. The lowest BCUT2D eigenvalue weighted by molar-refractivity contribution is -0.132. The molecule has 0 aromatic heterocycles. The zero-order valence-electron chi connectivity index (χ0n) is 16.5. The summed E-state index contributed by atoms with van der Waals surface area (Å²) in [7, 11) is -3.75. The van der Waals surface area contributed by atoms with Crippen molar-refractivity contribution < 1.29 is 13.2 Å². The van der Waals surface area contributed by atoms with E-state index >= 15 is 0 Å². The van der Waals surface area contributed by atoms with Crippen molar-refractivity contribution in [3.05, 3.63) is 60.2 Å². The molecular weight excluding hydrogens is 372 g/mol. The van der Waals surface area contributed by atoms with E-state index in [-0.39, 0.29) is 23.8 Å². The summed E-state index contributed by atoms with van der Waals surface area (Å²) < 4.78 is 27.9. The highest BCUT2D eigenvalue weighted by Gasteiger charge is 2.27. The number of hydrogen-bond acceptors (Lipinski definition) is 3. The number of amides is 1. The number of nitrogens with zero attached hydrogens (tertiary/aromatic N) is 2. The van der Waals surface area contributed by atoms with Crippen LogP contribution in [-0.4, -0.2) is 38.9 Å². The van der Waals surface area contributed by atoms with E-state index < -0.39 is 10.0 Å². The van der Waals surface area contributed by atoms with Gasteiger partial charge in [-0.1, -0.05) is 42.8 Å². The van der Waals surface area contributed by atoms with Gasteiger partial charge < -0.3 is 4.90 Å².